The minimum absolute atomic E-state index is 0.382. The predicted molar refractivity (Wildman–Crippen MR) is 86.4 cm³/mol. The van der Waals surface area contributed by atoms with Gasteiger partial charge in [-0.25, -0.2) is 0 Å². The van der Waals surface area contributed by atoms with Gasteiger partial charge in [0.1, 0.15) is 0 Å². The van der Waals surface area contributed by atoms with Gasteiger partial charge in [-0.3, -0.25) is 0 Å². The van der Waals surface area contributed by atoms with Crippen molar-refractivity contribution in [3.63, 3.8) is 0 Å². The van der Waals surface area contributed by atoms with E-state index in [0.717, 1.165) is 6.54 Å². The molecule has 17 heavy (non-hydrogen) atoms. The highest BCUT2D eigenvalue weighted by Crippen LogP contribution is 2.21. The van der Waals surface area contributed by atoms with Gasteiger partial charge in [0.25, 0.3) is 0 Å². The van der Waals surface area contributed by atoms with Crippen molar-refractivity contribution in [2.75, 3.05) is 0 Å². The molecule has 0 aliphatic carbocycles. The van der Waals surface area contributed by atoms with E-state index < -0.39 is 0 Å². The molecule has 0 bridgehead atoms. The van der Waals surface area contributed by atoms with Gasteiger partial charge in [0.2, 0.25) is 0 Å². The molecule has 0 fully saturated rings. The van der Waals surface area contributed by atoms with E-state index in [1.165, 1.54) is 18.5 Å². The van der Waals surface area contributed by atoms with Crippen molar-refractivity contribution in [1.82, 2.24) is 5.32 Å². The molecule has 2 rings (SSSR count). The van der Waals surface area contributed by atoms with Gasteiger partial charge in [-0.15, -0.1) is 11.3 Å². The fourth-order valence-electron chi connectivity index (χ4n) is 1.57. The Bertz CT molecular complexity index is 480. The number of nitrogens with one attached hydrogen (secondary N) is 1. The molecule has 4 heteroatoms. The lowest BCUT2D eigenvalue weighted by molar-refractivity contribution is 0.579. The molecule has 1 unspecified atom stereocenters. The Kier molecular flexibility index (Phi) is 5.02. The van der Waals surface area contributed by atoms with Gasteiger partial charge in [0.05, 0.1) is 0 Å². The molecule has 0 radical (unpaired) electrons. The van der Waals surface area contributed by atoms with Crippen LogP contribution >= 0.6 is 49.9 Å². The van der Waals surface area contributed by atoms with Crippen molar-refractivity contribution in [1.29, 1.82) is 0 Å². The zero-order chi connectivity index (χ0) is 12.3. The summed E-state index contributed by atoms with van der Waals surface area (Å²) in [5.74, 6) is 0. The highest BCUT2D eigenvalue weighted by atomic mass is 127. The Hall–Kier alpha value is 0.0900. The minimum Gasteiger partial charge on any atom is -0.305 e. The van der Waals surface area contributed by atoms with Crippen LogP contribution in [0.5, 0.6) is 0 Å². The van der Waals surface area contributed by atoms with Crippen LogP contribution in [0.4, 0.5) is 0 Å². The van der Waals surface area contributed by atoms with Crippen LogP contribution in [0.2, 0.25) is 0 Å². The summed E-state index contributed by atoms with van der Waals surface area (Å²) in [4.78, 5) is 1.36. The maximum absolute atomic E-state index is 3.54. The maximum Gasteiger partial charge on any atom is 0.0305 e. The first kappa shape index (κ1) is 13.5. The lowest BCUT2D eigenvalue weighted by Crippen LogP contribution is -2.17. The average Bonchev–Trinajstić information content (AvgIpc) is 2.73. The molecular formula is C13H13BrINS. The summed E-state index contributed by atoms with van der Waals surface area (Å²) in [6.45, 7) is 3.12. The van der Waals surface area contributed by atoms with Crippen LogP contribution in [0.25, 0.3) is 0 Å². The van der Waals surface area contributed by atoms with Crippen LogP contribution in [0.1, 0.15) is 23.4 Å². The van der Waals surface area contributed by atoms with Gasteiger partial charge in [-0.1, -0.05) is 12.1 Å². The van der Waals surface area contributed by atoms with Crippen molar-refractivity contribution in [3.05, 3.63) is 54.2 Å². The number of thiophene rings is 1. The molecule has 0 saturated heterocycles. The van der Waals surface area contributed by atoms with Crippen molar-refractivity contribution >= 4 is 49.9 Å². The molecule has 90 valence electrons. The standard InChI is InChI=1S/C13H13BrINS/c1-9(10-2-4-12(15)5-3-10)16-7-13-6-11(14)8-17-13/h2-6,8-9,16H,7H2,1H3. The maximum atomic E-state index is 3.54. The quantitative estimate of drug-likeness (QED) is 0.687. The van der Waals surface area contributed by atoms with Gasteiger partial charge in [0, 0.05) is 30.9 Å². The normalized spacial score (nSPS) is 12.6. The number of halogens is 2. The van der Waals surface area contributed by atoms with E-state index in [1.54, 1.807) is 11.3 Å². The van der Waals surface area contributed by atoms with Crippen LogP contribution in [0.3, 0.4) is 0 Å². The first-order valence-corrected chi connectivity index (χ1v) is 8.12. The summed E-state index contributed by atoms with van der Waals surface area (Å²) >= 11 is 7.58. The van der Waals surface area contributed by atoms with E-state index in [-0.39, 0.29) is 0 Å². The van der Waals surface area contributed by atoms with E-state index in [0.29, 0.717) is 6.04 Å². The van der Waals surface area contributed by atoms with Crippen LogP contribution in [0.15, 0.2) is 40.2 Å². The second-order valence-corrected chi connectivity index (χ2v) is 7.04. The molecule has 1 nitrogen and oxygen atoms in total. The Morgan fingerprint density at radius 2 is 2.06 bits per heavy atom. The smallest absolute Gasteiger partial charge is 0.0305 e. The van der Waals surface area contributed by atoms with Crippen LogP contribution in [-0.4, -0.2) is 0 Å². The van der Waals surface area contributed by atoms with Gasteiger partial charge < -0.3 is 5.32 Å². The molecule has 2 aromatic rings. The Labute approximate surface area is 128 Å². The fraction of sp³-hybridized carbons (Fsp3) is 0.231. The SMILES string of the molecule is CC(NCc1cc(Br)cs1)c1ccc(I)cc1. The number of hydrogen-bond acceptors (Lipinski definition) is 2. The van der Waals surface area contributed by atoms with Crippen molar-refractivity contribution in [3.8, 4) is 0 Å². The van der Waals surface area contributed by atoms with Crippen molar-refractivity contribution < 1.29 is 0 Å². The molecule has 1 atom stereocenters. The Morgan fingerprint density at radius 3 is 2.65 bits per heavy atom. The lowest BCUT2D eigenvalue weighted by atomic mass is 10.1. The second-order valence-electron chi connectivity index (χ2n) is 3.89. The summed E-state index contributed by atoms with van der Waals surface area (Å²) in [7, 11) is 0. The summed E-state index contributed by atoms with van der Waals surface area (Å²) in [5, 5.41) is 5.65. The van der Waals surface area contributed by atoms with Gasteiger partial charge in [0.15, 0.2) is 0 Å². The molecule has 1 heterocycles. The minimum atomic E-state index is 0.382. The van der Waals surface area contributed by atoms with Crippen LogP contribution in [0, 0.1) is 3.57 Å². The van der Waals surface area contributed by atoms with Gasteiger partial charge in [-0.05, 0) is 69.2 Å². The Balaban J connectivity index is 1.93. The molecule has 0 spiro atoms. The molecule has 0 amide bonds. The van der Waals surface area contributed by atoms with Crippen LogP contribution in [-0.2, 0) is 6.54 Å². The highest BCUT2D eigenvalue weighted by molar-refractivity contribution is 14.1. The summed E-state index contributed by atoms with van der Waals surface area (Å²) in [6.07, 6.45) is 0. The first-order valence-electron chi connectivity index (χ1n) is 5.37. The molecule has 0 saturated carbocycles. The molecular weight excluding hydrogens is 409 g/mol. The second kappa shape index (κ2) is 6.31. The van der Waals surface area contributed by atoms with E-state index in [1.807, 2.05) is 0 Å². The van der Waals surface area contributed by atoms with Gasteiger partial charge >= 0.3 is 0 Å². The largest absolute Gasteiger partial charge is 0.305 e. The predicted octanol–water partition coefficient (Wildman–Crippen LogP) is 4.97. The van der Waals surface area contributed by atoms with Crippen LogP contribution < -0.4 is 5.32 Å². The third-order valence-electron chi connectivity index (χ3n) is 2.57. The van der Waals surface area contributed by atoms with Gasteiger partial charge in [-0.2, -0.15) is 0 Å². The zero-order valence-corrected chi connectivity index (χ0v) is 14.0. The van der Waals surface area contributed by atoms with E-state index >= 15 is 0 Å². The number of hydrogen-bond donors (Lipinski definition) is 1. The number of benzene rings is 1. The van der Waals surface area contributed by atoms with Crippen molar-refractivity contribution in [2.24, 2.45) is 0 Å². The Morgan fingerprint density at radius 1 is 1.35 bits per heavy atom. The third-order valence-corrected chi connectivity index (χ3v) is 4.99. The number of rotatable bonds is 4. The zero-order valence-electron chi connectivity index (χ0n) is 9.41. The third kappa shape index (κ3) is 4.05. The highest BCUT2D eigenvalue weighted by Gasteiger charge is 2.05. The lowest BCUT2D eigenvalue weighted by Gasteiger charge is -2.13. The van der Waals surface area contributed by atoms with E-state index in [9.17, 15) is 0 Å². The fourth-order valence-corrected chi connectivity index (χ4v) is 3.33. The monoisotopic (exact) mass is 421 g/mol. The van der Waals surface area contributed by atoms with E-state index in [2.05, 4.69) is 86.5 Å². The molecule has 0 aliphatic heterocycles. The molecule has 1 N–H and O–H groups in total. The summed E-state index contributed by atoms with van der Waals surface area (Å²) in [6, 6.07) is 11.2. The van der Waals surface area contributed by atoms with Crippen molar-refractivity contribution in [2.45, 2.75) is 19.5 Å². The van der Waals surface area contributed by atoms with E-state index in [4.69, 9.17) is 0 Å². The summed E-state index contributed by atoms with van der Waals surface area (Å²) < 4.78 is 2.45. The topological polar surface area (TPSA) is 12.0 Å². The molecule has 1 aromatic carbocycles. The molecule has 0 aliphatic rings. The summed E-state index contributed by atoms with van der Waals surface area (Å²) in [5.41, 5.74) is 1.33. The average molecular weight is 422 g/mol. The molecule has 1 aromatic heterocycles. The first-order chi connectivity index (χ1) is 8.15.